The van der Waals surface area contributed by atoms with E-state index in [4.69, 9.17) is 0 Å². The Morgan fingerprint density at radius 1 is 1.21 bits per heavy atom. The molecule has 19 heavy (non-hydrogen) atoms. The summed E-state index contributed by atoms with van der Waals surface area (Å²) in [7, 11) is -3.65. The minimum absolute atomic E-state index is 0.223. The van der Waals surface area contributed by atoms with E-state index in [1.807, 2.05) is 6.92 Å². The summed E-state index contributed by atoms with van der Waals surface area (Å²) in [6, 6.07) is 6.66. The van der Waals surface area contributed by atoms with Crippen LogP contribution in [0.4, 0.5) is 0 Å². The molecule has 0 radical (unpaired) electrons. The van der Waals surface area contributed by atoms with Crippen molar-refractivity contribution in [2.24, 2.45) is 0 Å². The van der Waals surface area contributed by atoms with E-state index in [0.717, 1.165) is 5.56 Å². The van der Waals surface area contributed by atoms with Gasteiger partial charge in [0, 0.05) is 13.1 Å². The number of carbonyl (C=O) groups excluding carboxylic acids is 1. The van der Waals surface area contributed by atoms with Gasteiger partial charge in [-0.3, -0.25) is 4.79 Å². The van der Waals surface area contributed by atoms with Gasteiger partial charge in [-0.25, -0.2) is 8.42 Å². The van der Waals surface area contributed by atoms with Gasteiger partial charge < -0.3 is 5.32 Å². The van der Waals surface area contributed by atoms with Crippen LogP contribution in [0.2, 0.25) is 0 Å². The van der Waals surface area contributed by atoms with Gasteiger partial charge in [0.05, 0.1) is 4.90 Å². The summed E-state index contributed by atoms with van der Waals surface area (Å²) >= 11 is 0. The zero-order valence-corrected chi connectivity index (χ0v) is 12.1. The van der Waals surface area contributed by atoms with Gasteiger partial charge in [-0.15, -0.1) is 0 Å². The van der Waals surface area contributed by atoms with Crippen LogP contribution in [0.5, 0.6) is 0 Å². The van der Waals surface area contributed by atoms with Gasteiger partial charge in [0.25, 0.3) is 0 Å². The van der Waals surface area contributed by atoms with Gasteiger partial charge >= 0.3 is 0 Å². The van der Waals surface area contributed by atoms with Crippen molar-refractivity contribution in [2.45, 2.75) is 31.2 Å². The minimum atomic E-state index is -3.65. The second kappa shape index (κ2) is 4.61. The Morgan fingerprint density at radius 3 is 2.37 bits per heavy atom. The van der Waals surface area contributed by atoms with Crippen LogP contribution >= 0.6 is 0 Å². The summed E-state index contributed by atoms with van der Waals surface area (Å²) in [4.78, 5) is 12.1. The molecule has 1 aromatic rings. The Morgan fingerprint density at radius 2 is 1.79 bits per heavy atom. The van der Waals surface area contributed by atoms with Crippen LogP contribution in [0.15, 0.2) is 29.2 Å². The molecule has 1 aliphatic rings. The molecule has 1 fully saturated rings. The van der Waals surface area contributed by atoms with Gasteiger partial charge in [0.2, 0.25) is 15.9 Å². The number of nitrogens with zero attached hydrogens (tertiary/aromatic N) is 1. The Bertz CT molecular complexity index is 591. The van der Waals surface area contributed by atoms with Crippen LogP contribution in [0.25, 0.3) is 0 Å². The maximum atomic E-state index is 12.6. The molecular formula is C13H18N2O3S. The fraction of sp³-hybridized carbons (Fsp3) is 0.462. The summed E-state index contributed by atoms with van der Waals surface area (Å²) in [6.07, 6.45) is 0. The summed E-state index contributed by atoms with van der Waals surface area (Å²) < 4.78 is 26.5. The number of carbonyl (C=O) groups is 1. The molecule has 0 atom stereocenters. The van der Waals surface area contributed by atoms with Crippen LogP contribution in [-0.2, 0) is 14.8 Å². The molecule has 0 aliphatic carbocycles. The number of sulfonamides is 1. The maximum Gasteiger partial charge on any atom is 0.244 e. The molecule has 1 aromatic carbocycles. The van der Waals surface area contributed by atoms with Crippen LogP contribution in [0.1, 0.15) is 19.4 Å². The lowest BCUT2D eigenvalue weighted by Gasteiger charge is -2.39. The predicted octanol–water partition coefficient (Wildman–Crippen LogP) is 0.894. The van der Waals surface area contributed by atoms with Crippen LogP contribution in [0.3, 0.4) is 0 Å². The van der Waals surface area contributed by atoms with E-state index in [0.29, 0.717) is 6.54 Å². The number of amides is 1. The van der Waals surface area contributed by atoms with E-state index in [1.54, 1.807) is 38.1 Å². The predicted molar refractivity (Wildman–Crippen MR) is 72.2 cm³/mol. The highest BCUT2D eigenvalue weighted by molar-refractivity contribution is 7.89. The third kappa shape index (κ3) is 2.37. The lowest BCUT2D eigenvalue weighted by Crippen LogP contribution is -2.63. The molecule has 104 valence electrons. The van der Waals surface area contributed by atoms with E-state index in [-0.39, 0.29) is 17.3 Å². The quantitative estimate of drug-likeness (QED) is 0.876. The number of nitrogens with one attached hydrogen (secondary N) is 1. The molecule has 0 saturated carbocycles. The molecule has 1 saturated heterocycles. The van der Waals surface area contributed by atoms with Gasteiger partial charge in [0.1, 0.15) is 5.54 Å². The number of hydrogen-bond donors (Lipinski definition) is 1. The van der Waals surface area contributed by atoms with E-state index < -0.39 is 15.6 Å². The largest absolute Gasteiger partial charge is 0.353 e. The molecule has 0 unspecified atom stereocenters. The zero-order valence-electron chi connectivity index (χ0n) is 11.3. The molecule has 5 nitrogen and oxygen atoms in total. The average Bonchev–Trinajstić information content (AvgIpc) is 2.33. The topological polar surface area (TPSA) is 66.5 Å². The molecule has 2 rings (SSSR count). The molecule has 6 heteroatoms. The SMILES string of the molecule is Cc1ccc(S(=O)(=O)N2CCNC(=O)C2(C)C)cc1. The lowest BCUT2D eigenvalue weighted by atomic mass is 10.0. The Labute approximate surface area is 113 Å². The van der Waals surface area contributed by atoms with Gasteiger partial charge in [-0.05, 0) is 32.9 Å². The number of aryl methyl sites for hydroxylation is 1. The first kappa shape index (κ1) is 14.0. The first-order valence-corrected chi connectivity index (χ1v) is 7.58. The monoisotopic (exact) mass is 282 g/mol. The standard InChI is InChI=1S/C13H18N2O3S/c1-10-4-6-11(7-5-10)19(17,18)15-9-8-14-12(16)13(15,2)3/h4-7H,8-9H2,1-3H3,(H,14,16). The molecule has 1 aliphatic heterocycles. The summed E-state index contributed by atoms with van der Waals surface area (Å²) in [5.74, 6) is -0.269. The average molecular weight is 282 g/mol. The van der Waals surface area contributed by atoms with Crippen molar-refractivity contribution in [3.63, 3.8) is 0 Å². The van der Waals surface area contributed by atoms with Crippen LogP contribution in [0, 0.1) is 6.92 Å². The molecule has 0 bridgehead atoms. The van der Waals surface area contributed by atoms with Crippen LogP contribution < -0.4 is 5.32 Å². The summed E-state index contributed by atoms with van der Waals surface area (Å²) in [5, 5.41) is 2.69. The van der Waals surface area contributed by atoms with Crippen LogP contribution in [-0.4, -0.2) is 37.3 Å². The van der Waals surface area contributed by atoms with E-state index in [1.165, 1.54) is 4.31 Å². The highest BCUT2D eigenvalue weighted by Gasteiger charge is 2.44. The molecule has 1 N–H and O–H groups in total. The van der Waals surface area contributed by atoms with Crippen molar-refractivity contribution in [3.05, 3.63) is 29.8 Å². The molecule has 0 spiro atoms. The van der Waals surface area contributed by atoms with E-state index in [9.17, 15) is 13.2 Å². The second-order valence-electron chi connectivity index (χ2n) is 5.21. The molecule has 1 amide bonds. The first-order chi connectivity index (χ1) is 8.76. The number of rotatable bonds is 2. The van der Waals surface area contributed by atoms with Crippen molar-refractivity contribution in [1.82, 2.24) is 9.62 Å². The number of benzene rings is 1. The third-order valence-corrected chi connectivity index (χ3v) is 5.48. The van der Waals surface area contributed by atoms with E-state index in [2.05, 4.69) is 5.32 Å². The second-order valence-corrected chi connectivity index (χ2v) is 7.07. The molecular weight excluding hydrogens is 264 g/mol. The highest BCUT2D eigenvalue weighted by atomic mass is 32.2. The van der Waals surface area contributed by atoms with Gasteiger partial charge in [0.15, 0.2) is 0 Å². The number of piperazine rings is 1. The Kier molecular flexibility index (Phi) is 3.40. The normalized spacial score (nSPS) is 20.1. The van der Waals surface area contributed by atoms with Crippen molar-refractivity contribution >= 4 is 15.9 Å². The fourth-order valence-corrected chi connectivity index (χ4v) is 3.89. The first-order valence-electron chi connectivity index (χ1n) is 6.14. The molecule has 1 heterocycles. The van der Waals surface area contributed by atoms with Crippen molar-refractivity contribution in [1.29, 1.82) is 0 Å². The van der Waals surface area contributed by atoms with Crippen molar-refractivity contribution < 1.29 is 13.2 Å². The number of hydrogen-bond acceptors (Lipinski definition) is 3. The maximum absolute atomic E-state index is 12.6. The summed E-state index contributed by atoms with van der Waals surface area (Å²) in [5.41, 5.74) is -0.0725. The zero-order chi connectivity index (χ0) is 14.3. The van der Waals surface area contributed by atoms with Gasteiger partial charge in [-0.2, -0.15) is 4.31 Å². The Balaban J connectivity index is 2.44. The third-order valence-electron chi connectivity index (χ3n) is 3.39. The smallest absolute Gasteiger partial charge is 0.244 e. The highest BCUT2D eigenvalue weighted by Crippen LogP contribution is 2.26. The fourth-order valence-electron chi connectivity index (χ4n) is 2.14. The summed E-state index contributed by atoms with van der Waals surface area (Å²) in [6.45, 7) is 5.76. The van der Waals surface area contributed by atoms with Crippen molar-refractivity contribution in [2.75, 3.05) is 13.1 Å². The van der Waals surface area contributed by atoms with Gasteiger partial charge in [-0.1, -0.05) is 17.7 Å². The minimum Gasteiger partial charge on any atom is -0.353 e. The van der Waals surface area contributed by atoms with E-state index >= 15 is 0 Å². The van der Waals surface area contributed by atoms with Crippen molar-refractivity contribution in [3.8, 4) is 0 Å². The molecule has 0 aromatic heterocycles. The Hall–Kier alpha value is -1.40. The lowest BCUT2D eigenvalue weighted by molar-refractivity contribution is -0.131.